The van der Waals surface area contributed by atoms with Gasteiger partial charge in [0.2, 0.25) is 5.89 Å². The van der Waals surface area contributed by atoms with Gasteiger partial charge in [0.1, 0.15) is 0 Å². The fourth-order valence-electron chi connectivity index (χ4n) is 2.17. The van der Waals surface area contributed by atoms with Crippen molar-refractivity contribution in [2.75, 3.05) is 11.9 Å². The summed E-state index contributed by atoms with van der Waals surface area (Å²) in [6, 6.07) is 2.13. The molecule has 2 N–H and O–H groups in total. The number of hydrogen-bond donors (Lipinski definition) is 2. The van der Waals surface area contributed by atoms with Crippen molar-refractivity contribution in [2.24, 2.45) is 0 Å². The number of thiophene rings is 1. The monoisotopic (exact) mass is 292 g/mol. The van der Waals surface area contributed by atoms with Crippen LogP contribution < -0.4 is 10.6 Å². The van der Waals surface area contributed by atoms with Gasteiger partial charge in [-0.05, 0) is 44.9 Å². The molecule has 3 heterocycles. The van der Waals surface area contributed by atoms with Crippen molar-refractivity contribution in [3.05, 3.63) is 27.3 Å². The van der Waals surface area contributed by atoms with Crippen LogP contribution in [0.25, 0.3) is 0 Å². The highest BCUT2D eigenvalue weighted by Gasteiger charge is 2.23. The number of hydrogen-bond acceptors (Lipinski definition) is 6. The van der Waals surface area contributed by atoms with E-state index in [0.29, 0.717) is 10.8 Å². The maximum absolute atomic E-state index is 12.1. The molecule has 3 rings (SSSR count). The summed E-state index contributed by atoms with van der Waals surface area (Å²) in [7, 11) is 0. The number of aryl methyl sites for hydroxylation is 2. The van der Waals surface area contributed by atoms with Crippen LogP contribution in [-0.2, 0) is 0 Å². The van der Waals surface area contributed by atoms with Gasteiger partial charge in [-0.1, -0.05) is 5.10 Å². The van der Waals surface area contributed by atoms with E-state index in [0.717, 1.165) is 29.8 Å². The predicted octanol–water partition coefficient (Wildman–Crippen LogP) is 2.42. The van der Waals surface area contributed by atoms with E-state index in [1.54, 1.807) is 0 Å². The summed E-state index contributed by atoms with van der Waals surface area (Å²) in [6.45, 7) is 4.94. The molecule has 106 valence electrons. The predicted molar refractivity (Wildman–Crippen MR) is 76.0 cm³/mol. The second-order valence-corrected chi connectivity index (χ2v) is 6.15. The van der Waals surface area contributed by atoms with Gasteiger partial charge in [0.15, 0.2) is 0 Å². The largest absolute Gasteiger partial charge is 0.406 e. The number of carbonyl (C=O) groups excluding carboxylic acids is 1. The van der Waals surface area contributed by atoms with Crippen LogP contribution in [-0.4, -0.2) is 22.6 Å². The molecule has 2 aromatic heterocycles. The Bertz CT molecular complexity index is 609. The SMILES string of the molecule is Cc1cc(C(=O)Nc2nnc(C3CCCN3)o2)sc1C. The Balaban J connectivity index is 1.69. The average molecular weight is 292 g/mol. The average Bonchev–Trinajstić information content (AvgIpc) is 3.11. The van der Waals surface area contributed by atoms with Gasteiger partial charge < -0.3 is 9.73 Å². The van der Waals surface area contributed by atoms with Gasteiger partial charge >= 0.3 is 6.01 Å². The number of nitrogens with zero attached hydrogens (tertiary/aromatic N) is 2. The molecule has 0 aromatic carbocycles. The topological polar surface area (TPSA) is 80.0 Å². The summed E-state index contributed by atoms with van der Waals surface area (Å²) in [5, 5.41) is 13.8. The van der Waals surface area contributed by atoms with Crippen LogP contribution >= 0.6 is 11.3 Å². The smallest absolute Gasteiger partial charge is 0.322 e. The lowest BCUT2D eigenvalue weighted by Crippen LogP contribution is -2.13. The molecular formula is C13H16N4O2S. The zero-order valence-electron chi connectivity index (χ0n) is 11.4. The molecule has 7 heteroatoms. The molecule has 1 saturated heterocycles. The molecular weight excluding hydrogens is 276 g/mol. The van der Waals surface area contributed by atoms with Crippen LogP contribution in [0, 0.1) is 13.8 Å². The van der Waals surface area contributed by atoms with Gasteiger partial charge in [0.05, 0.1) is 10.9 Å². The van der Waals surface area contributed by atoms with E-state index in [4.69, 9.17) is 4.42 Å². The lowest BCUT2D eigenvalue weighted by atomic mass is 10.2. The zero-order chi connectivity index (χ0) is 14.1. The molecule has 0 spiro atoms. The van der Waals surface area contributed by atoms with Crippen molar-refractivity contribution < 1.29 is 9.21 Å². The van der Waals surface area contributed by atoms with Crippen molar-refractivity contribution in [2.45, 2.75) is 32.7 Å². The molecule has 20 heavy (non-hydrogen) atoms. The normalized spacial score (nSPS) is 18.4. The molecule has 0 saturated carbocycles. The first-order chi connectivity index (χ1) is 9.63. The second kappa shape index (κ2) is 5.34. The molecule has 2 aromatic rings. The van der Waals surface area contributed by atoms with Crippen LogP contribution in [0.3, 0.4) is 0 Å². The first kappa shape index (κ1) is 13.3. The molecule has 0 aliphatic carbocycles. The number of amides is 1. The Labute approximate surface area is 120 Å². The molecule has 1 aliphatic heterocycles. The van der Waals surface area contributed by atoms with E-state index in [9.17, 15) is 4.79 Å². The van der Waals surface area contributed by atoms with Gasteiger partial charge in [0.25, 0.3) is 5.91 Å². The van der Waals surface area contributed by atoms with E-state index in [1.807, 2.05) is 19.9 Å². The summed E-state index contributed by atoms with van der Waals surface area (Å²) in [4.78, 5) is 13.9. The van der Waals surface area contributed by atoms with E-state index in [-0.39, 0.29) is 18.0 Å². The Morgan fingerprint density at radius 1 is 1.50 bits per heavy atom. The van der Waals surface area contributed by atoms with Gasteiger partial charge in [-0.2, -0.15) is 0 Å². The van der Waals surface area contributed by atoms with Crippen LogP contribution in [0.4, 0.5) is 6.01 Å². The van der Waals surface area contributed by atoms with Crippen molar-refractivity contribution in [1.29, 1.82) is 0 Å². The van der Waals surface area contributed by atoms with E-state index in [1.165, 1.54) is 11.3 Å². The Morgan fingerprint density at radius 2 is 2.35 bits per heavy atom. The summed E-state index contributed by atoms with van der Waals surface area (Å²) in [5.41, 5.74) is 1.11. The maximum Gasteiger partial charge on any atom is 0.322 e. The third kappa shape index (κ3) is 2.59. The first-order valence-electron chi connectivity index (χ1n) is 6.58. The first-order valence-corrected chi connectivity index (χ1v) is 7.40. The summed E-state index contributed by atoms with van der Waals surface area (Å²) >= 11 is 1.46. The summed E-state index contributed by atoms with van der Waals surface area (Å²) < 4.78 is 5.48. The van der Waals surface area contributed by atoms with E-state index in [2.05, 4.69) is 20.8 Å². The third-order valence-corrected chi connectivity index (χ3v) is 4.56. The molecule has 1 fully saturated rings. The minimum absolute atomic E-state index is 0.111. The molecule has 1 unspecified atom stereocenters. The number of rotatable bonds is 3. The zero-order valence-corrected chi connectivity index (χ0v) is 12.2. The van der Waals surface area contributed by atoms with Crippen molar-refractivity contribution in [1.82, 2.24) is 15.5 Å². The minimum atomic E-state index is -0.208. The Hall–Kier alpha value is -1.73. The van der Waals surface area contributed by atoms with Crippen molar-refractivity contribution in [3.8, 4) is 0 Å². The van der Waals surface area contributed by atoms with Crippen LogP contribution in [0.2, 0.25) is 0 Å². The van der Waals surface area contributed by atoms with Crippen molar-refractivity contribution >= 4 is 23.3 Å². The Morgan fingerprint density at radius 3 is 3.00 bits per heavy atom. The lowest BCUT2D eigenvalue weighted by Gasteiger charge is -2.02. The van der Waals surface area contributed by atoms with E-state index >= 15 is 0 Å². The fraction of sp³-hybridized carbons (Fsp3) is 0.462. The Kier molecular flexibility index (Phi) is 3.54. The van der Waals surface area contributed by atoms with Crippen LogP contribution in [0.5, 0.6) is 0 Å². The number of carbonyl (C=O) groups is 1. The molecule has 1 aliphatic rings. The molecule has 0 bridgehead atoms. The lowest BCUT2D eigenvalue weighted by molar-refractivity contribution is 0.102. The van der Waals surface area contributed by atoms with Gasteiger partial charge in [-0.15, -0.1) is 16.4 Å². The summed E-state index contributed by atoms with van der Waals surface area (Å²) in [5.74, 6) is 0.331. The van der Waals surface area contributed by atoms with Crippen LogP contribution in [0.15, 0.2) is 10.5 Å². The number of anilines is 1. The highest BCUT2D eigenvalue weighted by atomic mass is 32.1. The third-order valence-electron chi connectivity index (χ3n) is 3.41. The molecule has 1 amide bonds. The highest BCUT2D eigenvalue weighted by molar-refractivity contribution is 7.14. The quantitative estimate of drug-likeness (QED) is 0.908. The van der Waals surface area contributed by atoms with Crippen molar-refractivity contribution in [3.63, 3.8) is 0 Å². The fourth-order valence-corrected chi connectivity index (χ4v) is 3.09. The summed E-state index contributed by atoms with van der Waals surface area (Å²) in [6.07, 6.45) is 2.08. The maximum atomic E-state index is 12.1. The molecule has 0 radical (unpaired) electrons. The standard InChI is InChI=1S/C13H16N4O2S/c1-7-6-10(20-8(7)2)11(18)15-13-17-16-12(19-13)9-4-3-5-14-9/h6,9,14H,3-5H2,1-2H3,(H,15,17,18). The second-order valence-electron chi connectivity index (χ2n) is 4.90. The van der Waals surface area contributed by atoms with E-state index < -0.39 is 0 Å². The molecule has 6 nitrogen and oxygen atoms in total. The molecule has 1 atom stereocenters. The van der Waals surface area contributed by atoms with Gasteiger partial charge in [0, 0.05) is 4.88 Å². The van der Waals surface area contributed by atoms with Gasteiger partial charge in [-0.25, -0.2) is 0 Å². The van der Waals surface area contributed by atoms with Gasteiger partial charge in [-0.3, -0.25) is 10.1 Å². The number of nitrogens with one attached hydrogen (secondary N) is 2. The highest BCUT2D eigenvalue weighted by Crippen LogP contribution is 2.24. The minimum Gasteiger partial charge on any atom is -0.406 e. The number of aromatic nitrogens is 2. The van der Waals surface area contributed by atoms with Crippen LogP contribution in [0.1, 0.15) is 44.9 Å².